The first kappa shape index (κ1) is 16.3. The Morgan fingerprint density at radius 2 is 1.86 bits per heavy atom. The summed E-state index contributed by atoms with van der Waals surface area (Å²) in [6, 6.07) is 9.50. The lowest BCUT2D eigenvalue weighted by Gasteiger charge is -2.33. The van der Waals surface area contributed by atoms with Crippen molar-refractivity contribution in [3.05, 3.63) is 35.4 Å². The highest BCUT2D eigenvalue weighted by Crippen LogP contribution is 2.25. The van der Waals surface area contributed by atoms with Crippen molar-refractivity contribution >= 4 is 5.84 Å². The lowest BCUT2D eigenvalue weighted by molar-refractivity contribution is -0.718. The van der Waals surface area contributed by atoms with Gasteiger partial charge in [0.2, 0.25) is 0 Å². The summed E-state index contributed by atoms with van der Waals surface area (Å²) in [6.07, 6.45) is 5.02. The maximum atomic E-state index is 2.59. The minimum atomic E-state index is 0. The molecule has 1 saturated heterocycles. The maximum Gasteiger partial charge on any atom is 0.302 e. The number of nitrogens with zero attached hydrogens (tertiary/aromatic N) is 3. The third kappa shape index (κ3) is 2.96. The SMILES string of the molecule is CCC1Cc2ccccc2C(N(C)C)=[N+]1N1CCCC1.[Br-]. The topological polar surface area (TPSA) is 9.49 Å². The van der Waals surface area contributed by atoms with Crippen LogP contribution in [0.1, 0.15) is 37.3 Å². The second-order valence-corrected chi connectivity index (χ2v) is 6.15. The van der Waals surface area contributed by atoms with Crippen LogP contribution in [-0.2, 0) is 6.42 Å². The maximum absolute atomic E-state index is 2.59. The smallest absolute Gasteiger partial charge is 0.302 e. The molecule has 21 heavy (non-hydrogen) atoms. The van der Waals surface area contributed by atoms with E-state index in [2.05, 4.69) is 59.9 Å². The number of amidine groups is 1. The zero-order valence-electron chi connectivity index (χ0n) is 13.3. The highest BCUT2D eigenvalue weighted by molar-refractivity contribution is 5.96. The summed E-state index contributed by atoms with van der Waals surface area (Å²) in [5.74, 6) is 1.38. The lowest BCUT2D eigenvalue weighted by atomic mass is 9.94. The zero-order chi connectivity index (χ0) is 14.1. The van der Waals surface area contributed by atoms with Crippen molar-refractivity contribution in [2.75, 3.05) is 27.2 Å². The monoisotopic (exact) mass is 351 g/mol. The summed E-state index contributed by atoms with van der Waals surface area (Å²) in [5, 5.41) is 2.57. The first-order valence-electron chi connectivity index (χ1n) is 7.89. The van der Waals surface area contributed by atoms with Gasteiger partial charge >= 0.3 is 5.84 Å². The van der Waals surface area contributed by atoms with Crippen molar-refractivity contribution in [2.24, 2.45) is 0 Å². The third-order valence-corrected chi connectivity index (χ3v) is 4.56. The van der Waals surface area contributed by atoms with Crippen molar-refractivity contribution < 1.29 is 21.7 Å². The predicted molar refractivity (Wildman–Crippen MR) is 83.1 cm³/mol. The number of halogens is 1. The van der Waals surface area contributed by atoms with E-state index in [-0.39, 0.29) is 17.0 Å². The fraction of sp³-hybridized carbons (Fsp3) is 0.588. The molecule has 116 valence electrons. The molecule has 0 spiro atoms. The predicted octanol–water partition coefficient (Wildman–Crippen LogP) is -0.643. The Morgan fingerprint density at radius 3 is 2.48 bits per heavy atom. The van der Waals surface area contributed by atoms with Gasteiger partial charge in [-0.15, -0.1) is 0 Å². The Bertz CT molecular complexity index is 519. The molecule has 3 rings (SSSR count). The molecule has 0 amide bonds. The van der Waals surface area contributed by atoms with Gasteiger partial charge in [-0.1, -0.05) is 25.1 Å². The molecule has 2 heterocycles. The van der Waals surface area contributed by atoms with Gasteiger partial charge in [0, 0.05) is 6.42 Å². The molecule has 1 aromatic carbocycles. The van der Waals surface area contributed by atoms with Crippen LogP contribution >= 0.6 is 0 Å². The molecule has 0 N–H and O–H groups in total. The largest absolute Gasteiger partial charge is 1.00 e. The molecule has 1 unspecified atom stereocenters. The number of fused-ring (bicyclic) bond motifs is 1. The molecular formula is C17H26BrN3. The molecule has 0 saturated carbocycles. The first-order valence-corrected chi connectivity index (χ1v) is 7.89. The average Bonchev–Trinajstić information content (AvgIpc) is 2.98. The van der Waals surface area contributed by atoms with Crippen LogP contribution in [0, 0.1) is 0 Å². The van der Waals surface area contributed by atoms with Gasteiger partial charge in [-0.3, -0.25) is 4.90 Å². The molecule has 2 aliphatic heterocycles. The van der Waals surface area contributed by atoms with Gasteiger partial charge in [-0.25, -0.2) is 5.01 Å². The van der Waals surface area contributed by atoms with E-state index >= 15 is 0 Å². The summed E-state index contributed by atoms with van der Waals surface area (Å²) in [4.78, 5) is 2.29. The van der Waals surface area contributed by atoms with E-state index in [1.165, 1.54) is 55.7 Å². The van der Waals surface area contributed by atoms with E-state index in [9.17, 15) is 0 Å². The van der Waals surface area contributed by atoms with Crippen LogP contribution < -0.4 is 17.0 Å². The van der Waals surface area contributed by atoms with Gasteiger partial charge in [-0.05, 0) is 30.9 Å². The van der Waals surface area contributed by atoms with Crippen LogP contribution in [-0.4, -0.2) is 53.7 Å². The van der Waals surface area contributed by atoms with Gasteiger partial charge in [0.1, 0.15) is 6.04 Å². The van der Waals surface area contributed by atoms with Gasteiger partial charge in [0.05, 0.1) is 32.7 Å². The van der Waals surface area contributed by atoms with Gasteiger partial charge < -0.3 is 17.0 Å². The highest BCUT2D eigenvalue weighted by atomic mass is 79.9. The molecule has 3 nitrogen and oxygen atoms in total. The summed E-state index contributed by atoms with van der Waals surface area (Å²) >= 11 is 0. The van der Waals surface area contributed by atoms with E-state index in [1.54, 1.807) is 0 Å². The van der Waals surface area contributed by atoms with Crippen molar-refractivity contribution in [3.8, 4) is 0 Å². The average molecular weight is 352 g/mol. The summed E-state index contributed by atoms with van der Waals surface area (Å²) in [6.45, 7) is 4.72. The molecule has 1 fully saturated rings. The minimum Gasteiger partial charge on any atom is -1.00 e. The van der Waals surface area contributed by atoms with Crippen LogP contribution in [0.2, 0.25) is 0 Å². The fourth-order valence-electron chi connectivity index (χ4n) is 3.60. The van der Waals surface area contributed by atoms with Crippen molar-refractivity contribution in [1.29, 1.82) is 0 Å². The highest BCUT2D eigenvalue weighted by Gasteiger charge is 2.36. The Labute approximate surface area is 139 Å². The fourth-order valence-corrected chi connectivity index (χ4v) is 3.60. The van der Waals surface area contributed by atoms with Crippen molar-refractivity contribution in [1.82, 2.24) is 9.91 Å². The number of hydrazone groups is 1. The summed E-state index contributed by atoms with van der Waals surface area (Å²) < 4.78 is 2.59. The molecule has 0 aromatic heterocycles. The number of benzene rings is 1. The molecule has 1 atom stereocenters. The summed E-state index contributed by atoms with van der Waals surface area (Å²) in [7, 11) is 4.35. The van der Waals surface area contributed by atoms with Crippen LogP contribution in [0.3, 0.4) is 0 Å². The van der Waals surface area contributed by atoms with E-state index in [0.717, 1.165) is 0 Å². The molecule has 1 aromatic rings. The normalized spacial score (nSPS) is 21.1. The third-order valence-electron chi connectivity index (χ3n) is 4.56. The Morgan fingerprint density at radius 1 is 1.19 bits per heavy atom. The molecule has 0 radical (unpaired) electrons. The Hall–Kier alpha value is -1.03. The Balaban J connectivity index is 0.00000161. The molecule has 0 bridgehead atoms. The molecule has 4 heteroatoms. The Kier molecular flexibility index (Phi) is 5.31. The van der Waals surface area contributed by atoms with E-state index in [4.69, 9.17) is 0 Å². The number of hydrazine groups is 1. The molecule has 0 aliphatic carbocycles. The lowest BCUT2D eigenvalue weighted by Crippen LogP contribution is -3.00. The van der Waals surface area contributed by atoms with E-state index < -0.39 is 0 Å². The van der Waals surface area contributed by atoms with Crippen LogP contribution in [0.5, 0.6) is 0 Å². The van der Waals surface area contributed by atoms with Crippen molar-refractivity contribution in [3.63, 3.8) is 0 Å². The minimum absolute atomic E-state index is 0. The number of rotatable bonds is 2. The first-order chi connectivity index (χ1) is 9.72. The van der Waals surface area contributed by atoms with Crippen LogP contribution in [0.15, 0.2) is 24.3 Å². The van der Waals surface area contributed by atoms with Gasteiger partial charge in [0.15, 0.2) is 0 Å². The van der Waals surface area contributed by atoms with E-state index in [1.807, 2.05) is 0 Å². The summed E-state index contributed by atoms with van der Waals surface area (Å²) in [5.41, 5.74) is 2.91. The second-order valence-electron chi connectivity index (χ2n) is 6.15. The van der Waals surface area contributed by atoms with Gasteiger partial charge in [-0.2, -0.15) is 4.68 Å². The number of hydrogen-bond donors (Lipinski definition) is 0. The van der Waals surface area contributed by atoms with Gasteiger partial charge in [0.25, 0.3) is 0 Å². The van der Waals surface area contributed by atoms with E-state index in [0.29, 0.717) is 6.04 Å². The molecule has 2 aliphatic rings. The van der Waals surface area contributed by atoms with Crippen molar-refractivity contribution in [2.45, 2.75) is 38.6 Å². The van der Waals surface area contributed by atoms with Crippen LogP contribution in [0.25, 0.3) is 0 Å². The quantitative estimate of drug-likeness (QED) is 0.655. The molecular weight excluding hydrogens is 326 g/mol. The standard InChI is InChI=1S/C17H26N3.BrH/c1-4-15-13-14-9-5-6-10-16(14)17(18(2)3)20(15)19-11-7-8-12-19;/h5-6,9-10,15H,4,7-8,11-13H2,1-3H3;1H/q+1;/p-1. The number of hydrogen-bond acceptors (Lipinski definition) is 2. The van der Waals surface area contributed by atoms with Crippen LogP contribution in [0.4, 0.5) is 0 Å². The zero-order valence-corrected chi connectivity index (χ0v) is 14.9. The second kappa shape index (κ2) is 6.82.